The number of amides is 1. The van der Waals surface area contributed by atoms with Gasteiger partial charge in [-0.1, -0.05) is 0 Å². The maximum absolute atomic E-state index is 12.6. The number of hydrogen-bond acceptors (Lipinski definition) is 4. The monoisotopic (exact) mass is 397 g/mol. The second-order valence-corrected chi connectivity index (χ2v) is 9.03. The summed E-state index contributed by atoms with van der Waals surface area (Å²) in [4.78, 5) is 22.0. The zero-order valence-electron chi connectivity index (χ0n) is 18.4. The van der Waals surface area contributed by atoms with Gasteiger partial charge in [0.15, 0.2) is 5.65 Å². The van der Waals surface area contributed by atoms with E-state index in [4.69, 9.17) is 10.1 Å². The van der Waals surface area contributed by atoms with Crippen molar-refractivity contribution in [2.75, 3.05) is 19.6 Å². The Morgan fingerprint density at radius 1 is 1.14 bits per heavy atom. The third kappa shape index (κ3) is 4.04. The largest absolute Gasteiger partial charge is 0.343 e. The first kappa shape index (κ1) is 20.3. The zero-order chi connectivity index (χ0) is 20.5. The molecule has 4 rings (SSSR count). The number of aromatic nitrogens is 3. The third-order valence-corrected chi connectivity index (χ3v) is 6.78. The van der Waals surface area contributed by atoms with Crippen LogP contribution in [-0.2, 0) is 11.2 Å². The lowest BCUT2D eigenvalue weighted by molar-refractivity contribution is -0.132. The van der Waals surface area contributed by atoms with Gasteiger partial charge in [0.05, 0.1) is 11.7 Å². The van der Waals surface area contributed by atoms with Crippen LogP contribution in [0.1, 0.15) is 81.1 Å². The number of nitrogens with zero attached hydrogens (tertiary/aromatic N) is 5. The van der Waals surface area contributed by atoms with Crippen LogP contribution in [0.3, 0.4) is 0 Å². The van der Waals surface area contributed by atoms with Crippen molar-refractivity contribution in [3.63, 3.8) is 0 Å². The van der Waals surface area contributed by atoms with Crippen LogP contribution >= 0.6 is 0 Å². The highest BCUT2D eigenvalue weighted by Crippen LogP contribution is 2.33. The van der Waals surface area contributed by atoms with Gasteiger partial charge >= 0.3 is 0 Å². The van der Waals surface area contributed by atoms with Crippen molar-refractivity contribution in [3.8, 4) is 0 Å². The minimum Gasteiger partial charge on any atom is -0.343 e. The standard InChI is InChI=1S/C23H35N5O/c1-16(2)27-14-8-9-21(27)20-15-22-24-17(3)19(18(4)28(22)25-20)10-11-23(29)26-12-6-5-7-13-26/h15-16,21H,5-14H2,1-4H3/t21-/m1/s1. The van der Waals surface area contributed by atoms with Crippen LogP contribution in [0, 0.1) is 13.8 Å². The highest BCUT2D eigenvalue weighted by Gasteiger charge is 2.30. The molecule has 0 aromatic carbocycles. The van der Waals surface area contributed by atoms with Gasteiger partial charge in [0, 0.05) is 43.0 Å². The molecule has 2 aromatic heterocycles. The number of aryl methyl sites for hydroxylation is 2. The normalized spacial score (nSPS) is 20.9. The van der Waals surface area contributed by atoms with Gasteiger partial charge in [-0.3, -0.25) is 9.69 Å². The van der Waals surface area contributed by atoms with Crippen molar-refractivity contribution in [1.29, 1.82) is 0 Å². The molecule has 158 valence electrons. The Labute approximate surface area is 174 Å². The summed E-state index contributed by atoms with van der Waals surface area (Å²) in [6.07, 6.45) is 7.23. The van der Waals surface area contributed by atoms with E-state index in [1.165, 1.54) is 18.4 Å². The summed E-state index contributed by atoms with van der Waals surface area (Å²) < 4.78 is 2.00. The molecule has 0 aliphatic carbocycles. The Kier molecular flexibility index (Phi) is 5.91. The van der Waals surface area contributed by atoms with Gasteiger partial charge < -0.3 is 4.90 Å². The summed E-state index contributed by atoms with van der Waals surface area (Å²) in [7, 11) is 0. The molecule has 0 unspecified atom stereocenters. The molecule has 1 amide bonds. The Bertz CT molecular complexity index is 881. The van der Waals surface area contributed by atoms with Crippen molar-refractivity contribution < 1.29 is 4.79 Å². The highest BCUT2D eigenvalue weighted by molar-refractivity contribution is 5.76. The summed E-state index contributed by atoms with van der Waals surface area (Å²) in [5.41, 5.74) is 5.38. The van der Waals surface area contributed by atoms with Crippen LogP contribution in [0.25, 0.3) is 5.65 Å². The van der Waals surface area contributed by atoms with Gasteiger partial charge in [0.1, 0.15) is 0 Å². The fraction of sp³-hybridized carbons (Fsp3) is 0.696. The number of carbonyl (C=O) groups excluding carboxylic acids is 1. The smallest absolute Gasteiger partial charge is 0.222 e. The quantitative estimate of drug-likeness (QED) is 0.769. The maximum atomic E-state index is 12.6. The maximum Gasteiger partial charge on any atom is 0.222 e. The van der Waals surface area contributed by atoms with Crippen molar-refractivity contribution >= 4 is 11.6 Å². The van der Waals surface area contributed by atoms with Crippen LogP contribution in [0.15, 0.2) is 6.07 Å². The van der Waals surface area contributed by atoms with E-state index in [0.717, 1.165) is 68.0 Å². The van der Waals surface area contributed by atoms with Gasteiger partial charge in [-0.2, -0.15) is 5.10 Å². The lowest BCUT2D eigenvalue weighted by Crippen LogP contribution is -2.35. The fourth-order valence-electron chi connectivity index (χ4n) is 5.13. The van der Waals surface area contributed by atoms with Crippen molar-refractivity contribution in [2.45, 2.75) is 84.7 Å². The van der Waals surface area contributed by atoms with Crippen LogP contribution < -0.4 is 0 Å². The van der Waals surface area contributed by atoms with Gasteiger partial charge in [-0.05, 0) is 78.3 Å². The SMILES string of the molecule is Cc1nc2cc([C@H]3CCCN3C(C)C)nn2c(C)c1CCC(=O)N1CCCCC1. The first-order valence-electron chi connectivity index (χ1n) is 11.3. The Hall–Kier alpha value is -1.95. The van der Waals surface area contributed by atoms with E-state index < -0.39 is 0 Å². The minimum atomic E-state index is 0.281. The summed E-state index contributed by atoms with van der Waals surface area (Å²) in [5, 5.41) is 4.96. The predicted octanol–water partition coefficient (Wildman–Crippen LogP) is 3.84. The Balaban J connectivity index is 1.55. The first-order valence-corrected chi connectivity index (χ1v) is 11.3. The molecular weight excluding hydrogens is 362 g/mol. The predicted molar refractivity (Wildman–Crippen MR) is 115 cm³/mol. The van der Waals surface area contributed by atoms with E-state index in [1.54, 1.807) is 0 Å². The van der Waals surface area contributed by atoms with Crippen molar-refractivity contribution in [1.82, 2.24) is 24.4 Å². The van der Waals surface area contributed by atoms with Crippen LogP contribution in [0.5, 0.6) is 0 Å². The third-order valence-electron chi connectivity index (χ3n) is 6.78. The van der Waals surface area contributed by atoms with Crippen LogP contribution in [0.4, 0.5) is 0 Å². The fourth-order valence-corrected chi connectivity index (χ4v) is 5.13. The number of rotatable bonds is 5. The number of piperidine rings is 1. The molecule has 0 saturated carbocycles. The Morgan fingerprint density at radius 2 is 1.90 bits per heavy atom. The molecule has 2 aliphatic heterocycles. The van der Waals surface area contributed by atoms with Crippen LogP contribution in [-0.4, -0.2) is 56.0 Å². The average molecular weight is 398 g/mol. The van der Waals surface area contributed by atoms with Crippen molar-refractivity contribution in [3.05, 3.63) is 28.7 Å². The van der Waals surface area contributed by atoms with Gasteiger partial charge in [-0.15, -0.1) is 0 Å². The zero-order valence-corrected chi connectivity index (χ0v) is 18.4. The van der Waals surface area contributed by atoms with Crippen LogP contribution in [0.2, 0.25) is 0 Å². The molecule has 0 bridgehead atoms. The lowest BCUT2D eigenvalue weighted by atomic mass is 10.0. The molecule has 6 nitrogen and oxygen atoms in total. The van der Waals surface area contributed by atoms with Gasteiger partial charge in [0.2, 0.25) is 5.91 Å². The van der Waals surface area contributed by atoms with E-state index >= 15 is 0 Å². The van der Waals surface area contributed by atoms with E-state index in [2.05, 4.69) is 38.7 Å². The first-order chi connectivity index (χ1) is 14.0. The second kappa shape index (κ2) is 8.42. The van der Waals surface area contributed by atoms with Gasteiger partial charge in [0.25, 0.3) is 0 Å². The molecule has 2 saturated heterocycles. The molecule has 0 N–H and O–H groups in total. The molecule has 6 heteroatoms. The van der Waals surface area contributed by atoms with Crippen molar-refractivity contribution in [2.24, 2.45) is 0 Å². The molecule has 0 radical (unpaired) electrons. The molecule has 29 heavy (non-hydrogen) atoms. The number of fused-ring (bicyclic) bond motifs is 1. The van der Waals surface area contributed by atoms with Gasteiger partial charge in [-0.25, -0.2) is 9.50 Å². The molecule has 2 aliphatic rings. The van der Waals surface area contributed by atoms with E-state index in [0.29, 0.717) is 18.5 Å². The summed E-state index contributed by atoms with van der Waals surface area (Å²) in [6.45, 7) is 11.7. The molecule has 4 heterocycles. The van der Waals surface area contributed by atoms with E-state index in [9.17, 15) is 4.79 Å². The summed E-state index contributed by atoms with van der Waals surface area (Å²) in [5.74, 6) is 0.281. The number of likely N-dealkylation sites (tertiary alicyclic amines) is 2. The highest BCUT2D eigenvalue weighted by atomic mass is 16.2. The molecule has 2 aromatic rings. The number of hydrogen-bond donors (Lipinski definition) is 0. The second-order valence-electron chi connectivity index (χ2n) is 9.03. The molecular formula is C23H35N5O. The average Bonchev–Trinajstić information content (AvgIpc) is 3.35. The molecule has 2 fully saturated rings. The molecule has 0 spiro atoms. The Morgan fingerprint density at radius 3 is 2.62 bits per heavy atom. The van der Waals surface area contributed by atoms with E-state index in [1.807, 2.05) is 9.42 Å². The minimum absolute atomic E-state index is 0.281. The topological polar surface area (TPSA) is 53.7 Å². The molecule has 1 atom stereocenters. The van der Waals surface area contributed by atoms with E-state index in [-0.39, 0.29) is 5.91 Å². The summed E-state index contributed by atoms with van der Waals surface area (Å²) >= 11 is 0. The lowest BCUT2D eigenvalue weighted by Gasteiger charge is -2.27. The summed E-state index contributed by atoms with van der Waals surface area (Å²) in [6, 6.07) is 3.08. The number of carbonyl (C=O) groups is 1.